The third-order valence-corrected chi connectivity index (χ3v) is 5.73. The number of hydrogen-bond acceptors (Lipinski definition) is 5. The fraction of sp³-hybridized carbons (Fsp3) is 0.120. The van der Waals surface area contributed by atoms with Gasteiger partial charge in [0.15, 0.2) is 5.78 Å². The van der Waals surface area contributed by atoms with Crippen LogP contribution in [0.5, 0.6) is 0 Å². The third kappa shape index (κ3) is 5.35. The Morgan fingerprint density at radius 2 is 1.58 bits per heavy atom. The van der Waals surface area contributed by atoms with Crippen molar-refractivity contribution >= 4 is 40.0 Å². The van der Waals surface area contributed by atoms with Gasteiger partial charge < -0.3 is 5.32 Å². The molecule has 0 unspecified atom stereocenters. The largest absolute Gasteiger partial charge is 0.325 e. The second-order valence-electron chi connectivity index (χ2n) is 7.09. The Balaban J connectivity index is 1.49. The van der Waals surface area contributed by atoms with Crippen molar-refractivity contribution in [1.29, 1.82) is 0 Å². The van der Waals surface area contributed by atoms with Crippen LogP contribution in [-0.2, 0) is 11.2 Å². The molecule has 1 N–H and O–H groups in total. The summed E-state index contributed by atoms with van der Waals surface area (Å²) in [5, 5.41) is 4.59. The number of carbonyl (C=O) groups excluding carboxylic acids is 2. The van der Waals surface area contributed by atoms with E-state index in [4.69, 9.17) is 9.97 Å². The van der Waals surface area contributed by atoms with E-state index in [1.165, 1.54) is 18.7 Å². The minimum atomic E-state index is -0.132. The number of hydrogen-bond donors (Lipinski definition) is 1. The highest BCUT2D eigenvalue weighted by Gasteiger charge is 2.11. The van der Waals surface area contributed by atoms with Gasteiger partial charge in [-0.05, 0) is 42.8 Å². The number of Topliss-reactive ketones (excluding diaryl/α,β-unsaturated/α-hetero) is 1. The van der Waals surface area contributed by atoms with Gasteiger partial charge in [-0.25, -0.2) is 9.97 Å². The summed E-state index contributed by atoms with van der Waals surface area (Å²) >= 11 is 1.39. The summed E-state index contributed by atoms with van der Waals surface area (Å²) in [6.07, 6.45) is 0.633. The lowest BCUT2D eigenvalue weighted by molar-refractivity contribution is -0.113. The summed E-state index contributed by atoms with van der Waals surface area (Å²) in [5.74, 6) is 0.816. The molecule has 1 heterocycles. The molecule has 0 bridgehead atoms. The van der Waals surface area contributed by atoms with Crippen LogP contribution in [-0.4, -0.2) is 27.4 Å². The first-order valence-corrected chi connectivity index (χ1v) is 10.9. The van der Waals surface area contributed by atoms with Crippen molar-refractivity contribution in [1.82, 2.24) is 9.97 Å². The Labute approximate surface area is 184 Å². The highest BCUT2D eigenvalue weighted by molar-refractivity contribution is 8.00. The number of ketones is 1. The molecule has 3 aromatic carbocycles. The quantitative estimate of drug-likeness (QED) is 0.251. The van der Waals surface area contributed by atoms with Crippen molar-refractivity contribution in [3.8, 4) is 0 Å². The van der Waals surface area contributed by atoms with Crippen LogP contribution in [0.3, 0.4) is 0 Å². The van der Waals surface area contributed by atoms with E-state index in [9.17, 15) is 9.59 Å². The third-order valence-electron chi connectivity index (χ3n) is 4.73. The molecule has 0 spiro atoms. The van der Waals surface area contributed by atoms with Crippen molar-refractivity contribution in [2.75, 3.05) is 11.1 Å². The Kier molecular flexibility index (Phi) is 6.38. The predicted molar refractivity (Wildman–Crippen MR) is 125 cm³/mol. The fourth-order valence-corrected chi connectivity index (χ4v) is 4.02. The second kappa shape index (κ2) is 9.53. The Hall–Kier alpha value is -3.51. The molecule has 31 heavy (non-hydrogen) atoms. The van der Waals surface area contributed by atoms with E-state index in [1.54, 1.807) is 24.3 Å². The van der Waals surface area contributed by atoms with E-state index in [0.717, 1.165) is 27.3 Å². The Morgan fingerprint density at radius 1 is 0.871 bits per heavy atom. The van der Waals surface area contributed by atoms with Gasteiger partial charge >= 0.3 is 0 Å². The number of anilines is 1. The van der Waals surface area contributed by atoms with E-state index in [1.807, 2.05) is 42.5 Å². The van der Waals surface area contributed by atoms with Gasteiger partial charge in [-0.2, -0.15) is 0 Å². The summed E-state index contributed by atoms with van der Waals surface area (Å²) in [6, 6.07) is 24.8. The molecule has 5 nitrogen and oxygen atoms in total. The smallest absolute Gasteiger partial charge is 0.234 e. The predicted octanol–water partition coefficient (Wildman–Crippen LogP) is 5.15. The van der Waals surface area contributed by atoms with Crippen LogP contribution in [0, 0.1) is 0 Å². The van der Waals surface area contributed by atoms with Gasteiger partial charge in [0.2, 0.25) is 5.91 Å². The zero-order chi connectivity index (χ0) is 21.6. The topological polar surface area (TPSA) is 72.0 Å². The van der Waals surface area contributed by atoms with Crippen LogP contribution >= 0.6 is 11.8 Å². The highest BCUT2D eigenvalue weighted by Crippen LogP contribution is 2.26. The van der Waals surface area contributed by atoms with Crippen molar-refractivity contribution in [3.63, 3.8) is 0 Å². The fourth-order valence-electron chi connectivity index (χ4n) is 3.18. The highest BCUT2D eigenvalue weighted by atomic mass is 32.2. The van der Waals surface area contributed by atoms with Gasteiger partial charge in [0.25, 0.3) is 0 Å². The van der Waals surface area contributed by atoms with Crippen molar-refractivity contribution in [2.24, 2.45) is 0 Å². The maximum atomic E-state index is 12.5. The molecule has 0 aliphatic heterocycles. The van der Waals surface area contributed by atoms with E-state index < -0.39 is 0 Å². The first-order chi connectivity index (χ1) is 15.1. The van der Waals surface area contributed by atoms with Gasteiger partial charge in [0.1, 0.15) is 10.9 Å². The minimum Gasteiger partial charge on any atom is -0.325 e. The van der Waals surface area contributed by atoms with Crippen LogP contribution in [0.15, 0.2) is 83.9 Å². The van der Waals surface area contributed by atoms with Crippen molar-refractivity contribution in [2.45, 2.75) is 18.4 Å². The van der Waals surface area contributed by atoms with E-state index in [0.29, 0.717) is 17.7 Å². The number of para-hydroxylation sites is 1. The maximum absolute atomic E-state index is 12.5. The number of benzene rings is 3. The number of carbonyl (C=O) groups is 2. The molecule has 0 atom stereocenters. The van der Waals surface area contributed by atoms with Crippen LogP contribution in [0.1, 0.15) is 28.7 Å². The van der Waals surface area contributed by atoms with Crippen molar-refractivity contribution < 1.29 is 9.59 Å². The van der Waals surface area contributed by atoms with Crippen LogP contribution in [0.25, 0.3) is 10.9 Å². The van der Waals surface area contributed by atoms with Gasteiger partial charge in [0, 0.05) is 23.1 Å². The number of thioether (sulfide) groups is 1. The van der Waals surface area contributed by atoms with Crippen LogP contribution in [0.2, 0.25) is 0 Å². The lowest BCUT2D eigenvalue weighted by atomic mass is 10.1. The Bertz CT molecular complexity index is 1220. The molecule has 0 radical (unpaired) electrons. The summed E-state index contributed by atoms with van der Waals surface area (Å²) in [6.45, 7) is 1.52. The molecule has 154 valence electrons. The molecule has 0 aliphatic carbocycles. The molecular formula is C25H21N3O2S. The van der Waals surface area contributed by atoms with Gasteiger partial charge in [-0.1, -0.05) is 60.3 Å². The summed E-state index contributed by atoms with van der Waals surface area (Å²) in [4.78, 5) is 33.3. The molecule has 4 rings (SSSR count). The van der Waals surface area contributed by atoms with Crippen LogP contribution < -0.4 is 5.32 Å². The standard InChI is InChI=1S/C25H21N3O2S/c1-17(29)19-11-13-20(14-12-19)26-24(30)16-31-25-21-9-5-6-10-22(21)27-23(28-25)15-18-7-3-2-4-8-18/h2-14H,15-16H2,1H3,(H,26,30). The SMILES string of the molecule is CC(=O)c1ccc(NC(=O)CSc2nc(Cc3ccccc3)nc3ccccc23)cc1. The van der Waals surface area contributed by atoms with Crippen LogP contribution in [0.4, 0.5) is 5.69 Å². The molecule has 0 fully saturated rings. The van der Waals surface area contributed by atoms with E-state index in [2.05, 4.69) is 17.4 Å². The molecule has 4 aromatic rings. The normalized spacial score (nSPS) is 10.7. The van der Waals surface area contributed by atoms with E-state index >= 15 is 0 Å². The average Bonchev–Trinajstić information content (AvgIpc) is 2.78. The molecule has 6 heteroatoms. The van der Waals surface area contributed by atoms with Gasteiger partial charge in [-0.3, -0.25) is 9.59 Å². The number of fused-ring (bicyclic) bond motifs is 1. The zero-order valence-electron chi connectivity index (χ0n) is 17.0. The number of aromatic nitrogens is 2. The summed E-state index contributed by atoms with van der Waals surface area (Å²) in [5.41, 5.74) is 3.28. The van der Waals surface area contributed by atoms with E-state index in [-0.39, 0.29) is 17.4 Å². The lowest BCUT2D eigenvalue weighted by Gasteiger charge is -2.09. The first kappa shape index (κ1) is 20.8. The molecule has 0 aliphatic rings. The molecule has 0 saturated carbocycles. The van der Waals surface area contributed by atoms with Gasteiger partial charge in [-0.15, -0.1) is 0 Å². The number of amides is 1. The first-order valence-electron chi connectivity index (χ1n) is 9.92. The number of nitrogens with zero attached hydrogens (tertiary/aromatic N) is 2. The lowest BCUT2D eigenvalue weighted by Crippen LogP contribution is -2.14. The van der Waals surface area contributed by atoms with Crippen molar-refractivity contribution in [3.05, 3.63) is 95.8 Å². The second-order valence-corrected chi connectivity index (χ2v) is 8.06. The zero-order valence-corrected chi connectivity index (χ0v) is 17.9. The monoisotopic (exact) mass is 427 g/mol. The average molecular weight is 428 g/mol. The Morgan fingerprint density at radius 3 is 2.32 bits per heavy atom. The molecule has 0 saturated heterocycles. The number of nitrogens with one attached hydrogen (secondary N) is 1. The summed E-state index contributed by atoms with van der Waals surface area (Å²) in [7, 11) is 0. The summed E-state index contributed by atoms with van der Waals surface area (Å²) < 4.78 is 0. The molecule has 1 amide bonds. The molecular weight excluding hydrogens is 406 g/mol. The maximum Gasteiger partial charge on any atom is 0.234 e. The van der Waals surface area contributed by atoms with Gasteiger partial charge in [0.05, 0.1) is 11.3 Å². The minimum absolute atomic E-state index is 0.00428. The molecule has 1 aromatic heterocycles. The number of rotatable bonds is 7.